The summed E-state index contributed by atoms with van der Waals surface area (Å²) in [4.78, 5) is 178. The van der Waals surface area contributed by atoms with Crippen LogP contribution in [0.1, 0.15) is 111 Å². The van der Waals surface area contributed by atoms with Gasteiger partial charge in [-0.3, -0.25) is 71.4 Å². The highest BCUT2D eigenvalue weighted by Gasteiger charge is 2.61. The van der Waals surface area contributed by atoms with E-state index in [-0.39, 0.29) is 0 Å². The highest BCUT2D eigenvalue weighted by atomic mass is 31.2. The Labute approximate surface area is 545 Å². The van der Waals surface area contributed by atoms with E-state index in [1.807, 2.05) is 33.9 Å². The first-order valence-electron chi connectivity index (χ1n) is 29.3. The SMILES string of the molecule is CC(=O)OC[C@H]1O[C@H](OP(=O)(O)OC[C@H]2O[C@@H](O[C@H]3[C@H](OC(C)=O)[C@H](OC(C)=O)[C@@H](OC(C)=O)O[C@@H]3COC(C)=O)[C@H](OC(C)=O)[C@@H](OC(C)=O)[C@H]2OC(C)=O)[C@@H](OC(C)=O)[C@@H](OC(C)=O)[C@@H]1O[C@@H]1O[C@H](CO[Si](C)(C)C(C)(C)C)[C@H](OC(C)=O)[C@H](OC(C)=O)[C@H]1OC(C)=O. The first-order valence-corrected chi connectivity index (χ1v) is 33.7. The lowest BCUT2D eigenvalue weighted by Crippen LogP contribution is -2.67. The minimum atomic E-state index is -5.95. The Morgan fingerprint density at radius 3 is 0.905 bits per heavy atom. The maximum Gasteiger partial charge on any atom is 0.474 e. The summed E-state index contributed by atoms with van der Waals surface area (Å²) in [5.41, 5.74) is 0. The van der Waals surface area contributed by atoms with Gasteiger partial charge in [-0.2, -0.15) is 0 Å². The van der Waals surface area contributed by atoms with Crippen LogP contribution in [-0.4, -0.2) is 240 Å². The molecule has 4 saturated heterocycles. The minimum absolute atomic E-state index is 0.401. The fraction of sp³-hybridized carbons (Fsp3) is 0.768. The standard InChI is InChI=1S/C56H83O37PSi/c1-23(57)72-19-36-42(46(80-29(7)63)48(82-31(9)65)52(87-36)86-35(13)69)91-53-49(83-32(10)66)44(78-27(5)61)40(76-25(3)59)38(88-53)21-74-94(70,71)93-55-51(85-34(12)68)47(81-30(8)64)43(37(90-55)20-73-24(2)58)92-54-50(84-33(11)67)45(79-28(6)62)41(77-26(4)60)39(89-54)22-75-95(17,18)56(14,15)16/h36-55H,19-22H2,1-18H3,(H,70,71)/t36-,37-,38-,39-,40+,41+,42-,43-,44+,45+,46+,47+,48+,49-,50-,51+,52+,53+,54+,55-/m1/s1. The highest BCUT2D eigenvalue weighted by Crippen LogP contribution is 2.49. The van der Waals surface area contributed by atoms with Crippen LogP contribution in [0.15, 0.2) is 0 Å². The zero-order valence-corrected chi connectivity index (χ0v) is 57.4. The van der Waals surface area contributed by atoms with Crippen molar-refractivity contribution in [3.8, 4) is 0 Å². The molecule has 4 rings (SSSR count). The third kappa shape index (κ3) is 24.3. The number of carbonyl (C=O) groups excluding carboxylic acids is 13. The van der Waals surface area contributed by atoms with Gasteiger partial charge in [0.05, 0.1) is 13.2 Å². The van der Waals surface area contributed by atoms with Gasteiger partial charge in [0.2, 0.25) is 18.7 Å². The topological polar surface area (TPSA) is 462 Å². The summed E-state index contributed by atoms with van der Waals surface area (Å²) >= 11 is 0. The minimum Gasteiger partial charge on any atom is -0.463 e. The van der Waals surface area contributed by atoms with E-state index in [1.54, 1.807) is 0 Å². The molecule has 0 saturated carbocycles. The number of phosphoric acid groups is 1. The first kappa shape index (κ1) is 80.6. The third-order valence-corrected chi connectivity index (χ3v) is 19.7. The van der Waals surface area contributed by atoms with Crippen LogP contribution >= 0.6 is 7.82 Å². The molecule has 0 aromatic rings. The number of esters is 13. The lowest BCUT2D eigenvalue weighted by atomic mass is 9.96. The maximum absolute atomic E-state index is 14.6. The van der Waals surface area contributed by atoms with E-state index < -0.39 is 248 Å². The normalized spacial score (nSPS) is 31.4. The number of phosphoric ester groups is 1. The Hall–Kier alpha value is -6.84. The molecular weight excluding hydrogens is 1320 g/mol. The summed E-state index contributed by atoms with van der Waals surface area (Å²) in [6, 6.07) is 0. The molecule has 0 aliphatic carbocycles. The van der Waals surface area contributed by atoms with Crippen molar-refractivity contribution in [1.82, 2.24) is 0 Å². The third-order valence-electron chi connectivity index (χ3n) is 14.2. The van der Waals surface area contributed by atoms with E-state index in [9.17, 15) is 71.8 Å². The van der Waals surface area contributed by atoms with Gasteiger partial charge in [0, 0.05) is 90.0 Å². The molecule has 0 aromatic heterocycles. The Kier molecular flexibility index (Phi) is 29.6. The monoisotopic (exact) mass is 1410 g/mol. The summed E-state index contributed by atoms with van der Waals surface area (Å²) in [6.07, 6.45) is -39.6. The van der Waals surface area contributed by atoms with Crippen molar-refractivity contribution in [2.45, 2.75) is 252 Å². The average Bonchev–Trinajstić information content (AvgIpc) is 0.775. The summed E-state index contributed by atoms with van der Waals surface area (Å²) in [6.45, 7) is 17.9. The van der Waals surface area contributed by atoms with E-state index in [1.165, 1.54) is 0 Å². The lowest BCUT2D eigenvalue weighted by molar-refractivity contribution is -0.358. The van der Waals surface area contributed by atoms with Gasteiger partial charge in [-0.15, -0.1) is 0 Å². The molecule has 0 spiro atoms. The van der Waals surface area contributed by atoms with Gasteiger partial charge in [0.1, 0.15) is 49.8 Å². The van der Waals surface area contributed by atoms with Crippen molar-refractivity contribution >= 4 is 93.7 Å². The molecule has 538 valence electrons. The molecule has 0 bridgehead atoms. The number of hydrogen-bond acceptors (Lipinski definition) is 36. The summed E-state index contributed by atoms with van der Waals surface area (Å²) < 4.78 is 141. The Balaban J connectivity index is 1.89. The van der Waals surface area contributed by atoms with E-state index in [0.29, 0.717) is 0 Å². The Bertz CT molecular complexity index is 2840. The van der Waals surface area contributed by atoms with Gasteiger partial charge in [-0.25, -0.2) is 4.57 Å². The molecular formula is C56H83O37PSi. The highest BCUT2D eigenvalue weighted by molar-refractivity contribution is 7.47. The smallest absolute Gasteiger partial charge is 0.463 e. The van der Waals surface area contributed by atoms with E-state index >= 15 is 0 Å². The molecule has 0 radical (unpaired) electrons. The summed E-state index contributed by atoms with van der Waals surface area (Å²) in [5.74, 6) is -13.9. The van der Waals surface area contributed by atoms with E-state index in [0.717, 1.165) is 90.0 Å². The molecule has 4 fully saturated rings. The van der Waals surface area contributed by atoms with Crippen LogP contribution < -0.4 is 0 Å². The average molecular weight is 1410 g/mol. The van der Waals surface area contributed by atoms with Crippen molar-refractivity contribution in [3.63, 3.8) is 0 Å². The molecule has 95 heavy (non-hydrogen) atoms. The molecule has 1 unspecified atom stereocenters. The predicted molar refractivity (Wildman–Crippen MR) is 305 cm³/mol. The number of carbonyl (C=O) groups is 13. The second kappa shape index (κ2) is 34.9. The Morgan fingerprint density at radius 1 is 0.337 bits per heavy atom. The first-order chi connectivity index (χ1) is 43.9. The number of hydrogen-bond donors (Lipinski definition) is 1. The van der Waals surface area contributed by atoms with Crippen molar-refractivity contribution in [1.29, 1.82) is 0 Å². The molecule has 39 heteroatoms. The maximum atomic E-state index is 14.6. The van der Waals surface area contributed by atoms with E-state index in [4.69, 9.17) is 103 Å². The van der Waals surface area contributed by atoms with Gasteiger partial charge in [0.15, 0.2) is 75.8 Å². The van der Waals surface area contributed by atoms with Crippen molar-refractivity contribution in [2.75, 3.05) is 26.4 Å². The summed E-state index contributed by atoms with van der Waals surface area (Å²) in [5, 5.41) is -0.430. The molecule has 37 nitrogen and oxygen atoms in total. The zero-order chi connectivity index (χ0) is 71.9. The van der Waals surface area contributed by atoms with Crippen LogP contribution in [0, 0.1) is 0 Å². The van der Waals surface area contributed by atoms with Crippen LogP contribution in [-0.2, 0) is 170 Å². The van der Waals surface area contributed by atoms with Gasteiger partial charge in [-0.1, -0.05) is 20.8 Å². The molecule has 4 aliphatic rings. The molecule has 4 aliphatic heterocycles. The van der Waals surface area contributed by atoms with Gasteiger partial charge in [-0.05, 0) is 18.1 Å². The molecule has 1 N–H and O–H groups in total. The van der Waals surface area contributed by atoms with Crippen LogP contribution in [0.2, 0.25) is 18.1 Å². The van der Waals surface area contributed by atoms with Crippen molar-refractivity contribution in [2.24, 2.45) is 0 Å². The molecule has 0 aromatic carbocycles. The fourth-order valence-corrected chi connectivity index (χ4v) is 11.6. The van der Waals surface area contributed by atoms with Crippen LogP contribution in [0.4, 0.5) is 0 Å². The zero-order valence-electron chi connectivity index (χ0n) is 55.5. The second-order valence-corrected chi connectivity index (χ2v) is 29.5. The molecule has 0 amide bonds. The van der Waals surface area contributed by atoms with Crippen LogP contribution in [0.25, 0.3) is 0 Å². The lowest BCUT2D eigenvalue weighted by Gasteiger charge is -2.49. The molecule has 21 atom stereocenters. The quantitative estimate of drug-likeness (QED) is 0.0515. The fourth-order valence-electron chi connectivity index (χ4n) is 9.73. The largest absolute Gasteiger partial charge is 0.474 e. The number of rotatable bonds is 27. The number of ether oxygens (including phenoxy) is 19. The van der Waals surface area contributed by atoms with Crippen LogP contribution in [0.3, 0.4) is 0 Å². The van der Waals surface area contributed by atoms with Crippen LogP contribution in [0.5, 0.6) is 0 Å². The van der Waals surface area contributed by atoms with E-state index in [2.05, 4.69) is 0 Å². The molecule has 4 heterocycles. The van der Waals surface area contributed by atoms with Gasteiger partial charge in [0.25, 0.3) is 0 Å². The second-order valence-electron chi connectivity index (χ2n) is 23.3. The van der Waals surface area contributed by atoms with Gasteiger partial charge >= 0.3 is 85.4 Å². The van der Waals surface area contributed by atoms with Crippen molar-refractivity contribution < 1.29 is 175 Å². The van der Waals surface area contributed by atoms with Crippen molar-refractivity contribution in [3.05, 3.63) is 0 Å². The van der Waals surface area contributed by atoms with Gasteiger partial charge < -0.3 is 99.3 Å². The Morgan fingerprint density at radius 2 is 0.589 bits per heavy atom. The predicted octanol–water partition coefficient (Wildman–Crippen LogP) is 0.818. The summed E-state index contributed by atoms with van der Waals surface area (Å²) in [7, 11) is -8.68.